The molecule has 1 saturated heterocycles. The standard InChI is InChI=1S/C15H26N4/c1-12(10-13-6-4-5-8-17-13)18-14-11-16-9-7-15(14)19(2)3/h7,9,11-13,17-18H,4-6,8,10H2,1-3H3. The second-order valence-electron chi connectivity index (χ2n) is 5.72. The average Bonchev–Trinajstić information content (AvgIpc) is 2.40. The molecule has 19 heavy (non-hydrogen) atoms. The molecule has 1 aliphatic rings. The molecule has 0 bridgehead atoms. The van der Waals surface area contributed by atoms with Crippen molar-refractivity contribution in [1.29, 1.82) is 0 Å². The van der Waals surface area contributed by atoms with Crippen LogP contribution in [0.25, 0.3) is 0 Å². The van der Waals surface area contributed by atoms with Crippen molar-refractivity contribution in [2.45, 2.75) is 44.7 Å². The molecule has 0 amide bonds. The van der Waals surface area contributed by atoms with Crippen LogP contribution in [0.15, 0.2) is 18.5 Å². The fraction of sp³-hybridized carbons (Fsp3) is 0.667. The van der Waals surface area contributed by atoms with Gasteiger partial charge in [0, 0.05) is 32.4 Å². The molecule has 2 atom stereocenters. The Kier molecular flexibility index (Phi) is 5.02. The van der Waals surface area contributed by atoms with Gasteiger partial charge in [-0.1, -0.05) is 6.42 Å². The molecule has 2 unspecified atom stereocenters. The van der Waals surface area contributed by atoms with Crippen LogP contribution in [0, 0.1) is 0 Å². The fourth-order valence-corrected chi connectivity index (χ4v) is 2.76. The molecule has 1 aromatic heterocycles. The predicted octanol–water partition coefficient (Wildman–Crippen LogP) is 2.48. The summed E-state index contributed by atoms with van der Waals surface area (Å²) in [7, 11) is 4.13. The van der Waals surface area contributed by atoms with E-state index in [1.165, 1.54) is 37.9 Å². The van der Waals surface area contributed by atoms with Crippen molar-refractivity contribution in [3.8, 4) is 0 Å². The second kappa shape index (κ2) is 6.75. The summed E-state index contributed by atoms with van der Waals surface area (Å²) in [6, 6.07) is 3.17. The van der Waals surface area contributed by atoms with Gasteiger partial charge >= 0.3 is 0 Å². The van der Waals surface area contributed by atoms with Gasteiger partial charge in [-0.3, -0.25) is 4.98 Å². The number of piperidine rings is 1. The minimum Gasteiger partial charge on any atom is -0.380 e. The summed E-state index contributed by atoms with van der Waals surface area (Å²) in [5.74, 6) is 0. The van der Waals surface area contributed by atoms with Crippen LogP contribution in [0.3, 0.4) is 0 Å². The van der Waals surface area contributed by atoms with Gasteiger partial charge < -0.3 is 15.5 Å². The maximum absolute atomic E-state index is 4.22. The number of nitrogens with zero attached hydrogens (tertiary/aromatic N) is 2. The first-order valence-electron chi connectivity index (χ1n) is 7.28. The molecule has 1 fully saturated rings. The molecular formula is C15H26N4. The van der Waals surface area contributed by atoms with E-state index in [-0.39, 0.29) is 0 Å². The van der Waals surface area contributed by atoms with Crippen LogP contribution in [-0.2, 0) is 0 Å². The monoisotopic (exact) mass is 262 g/mol. The second-order valence-corrected chi connectivity index (χ2v) is 5.72. The summed E-state index contributed by atoms with van der Waals surface area (Å²) in [6.07, 6.45) is 8.92. The predicted molar refractivity (Wildman–Crippen MR) is 81.9 cm³/mol. The van der Waals surface area contributed by atoms with Crippen LogP contribution in [0.5, 0.6) is 0 Å². The number of pyridine rings is 1. The van der Waals surface area contributed by atoms with E-state index < -0.39 is 0 Å². The normalized spacial score (nSPS) is 20.9. The Balaban J connectivity index is 1.92. The molecule has 2 rings (SSSR count). The number of hydrogen-bond acceptors (Lipinski definition) is 4. The van der Waals surface area contributed by atoms with Gasteiger partial charge in [-0.2, -0.15) is 0 Å². The summed E-state index contributed by atoms with van der Waals surface area (Å²) < 4.78 is 0. The van der Waals surface area contributed by atoms with Gasteiger partial charge in [0.05, 0.1) is 17.6 Å². The van der Waals surface area contributed by atoms with E-state index in [0.717, 1.165) is 5.69 Å². The van der Waals surface area contributed by atoms with Gasteiger partial charge in [-0.15, -0.1) is 0 Å². The smallest absolute Gasteiger partial charge is 0.0766 e. The molecule has 2 heterocycles. The summed E-state index contributed by atoms with van der Waals surface area (Å²) in [6.45, 7) is 3.43. The fourth-order valence-electron chi connectivity index (χ4n) is 2.76. The quantitative estimate of drug-likeness (QED) is 0.855. The summed E-state index contributed by atoms with van der Waals surface area (Å²) in [5, 5.41) is 7.20. The average molecular weight is 262 g/mol. The zero-order valence-corrected chi connectivity index (χ0v) is 12.3. The van der Waals surface area contributed by atoms with Crippen molar-refractivity contribution in [3.63, 3.8) is 0 Å². The van der Waals surface area contributed by atoms with Gasteiger partial charge in [0.1, 0.15) is 0 Å². The van der Waals surface area contributed by atoms with Crippen molar-refractivity contribution < 1.29 is 0 Å². The summed E-state index contributed by atoms with van der Waals surface area (Å²) in [4.78, 5) is 6.34. The maximum Gasteiger partial charge on any atom is 0.0766 e. The van der Waals surface area contributed by atoms with E-state index in [1.54, 1.807) is 0 Å². The van der Waals surface area contributed by atoms with Crippen LogP contribution in [0.2, 0.25) is 0 Å². The lowest BCUT2D eigenvalue weighted by atomic mass is 9.98. The lowest BCUT2D eigenvalue weighted by molar-refractivity contribution is 0.371. The lowest BCUT2D eigenvalue weighted by Gasteiger charge is -2.28. The van der Waals surface area contributed by atoms with Crippen molar-refractivity contribution >= 4 is 11.4 Å². The first-order chi connectivity index (χ1) is 9.16. The molecule has 4 heteroatoms. The molecular weight excluding hydrogens is 236 g/mol. The van der Waals surface area contributed by atoms with Crippen molar-refractivity contribution in [3.05, 3.63) is 18.5 Å². The lowest BCUT2D eigenvalue weighted by Crippen LogP contribution is -2.37. The summed E-state index contributed by atoms with van der Waals surface area (Å²) in [5.41, 5.74) is 2.31. The van der Waals surface area contributed by atoms with E-state index in [9.17, 15) is 0 Å². The molecule has 0 spiro atoms. The van der Waals surface area contributed by atoms with E-state index in [1.807, 2.05) is 18.5 Å². The molecule has 4 nitrogen and oxygen atoms in total. The zero-order valence-electron chi connectivity index (χ0n) is 12.3. The molecule has 106 valence electrons. The van der Waals surface area contributed by atoms with Gasteiger partial charge in [0.25, 0.3) is 0 Å². The maximum atomic E-state index is 4.22. The SMILES string of the molecule is CC(CC1CCCCN1)Nc1cnccc1N(C)C. The van der Waals surface area contributed by atoms with E-state index in [2.05, 4.69) is 41.5 Å². The van der Waals surface area contributed by atoms with Crippen LogP contribution in [-0.4, -0.2) is 37.7 Å². The van der Waals surface area contributed by atoms with Gasteiger partial charge in [0.15, 0.2) is 0 Å². The molecule has 1 aromatic rings. The Morgan fingerprint density at radius 1 is 1.47 bits per heavy atom. The Morgan fingerprint density at radius 2 is 2.32 bits per heavy atom. The van der Waals surface area contributed by atoms with Crippen LogP contribution in [0.4, 0.5) is 11.4 Å². The Hall–Kier alpha value is -1.29. The van der Waals surface area contributed by atoms with Crippen LogP contribution in [0.1, 0.15) is 32.6 Å². The highest BCUT2D eigenvalue weighted by molar-refractivity contribution is 5.68. The highest BCUT2D eigenvalue weighted by Crippen LogP contribution is 2.24. The third-order valence-corrected chi connectivity index (χ3v) is 3.73. The number of hydrogen-bond donors (Lipinski definition) is 2. The third-order valence-electron chi connectivity index (χ3n) is 3.73. The third kappa shape index (κ3) is 4.10. The highest BCUT2D eigenvalue weighted by Gasteiger charge is 2.16. The molecule has 1 aliphatic heterocycles. The topological polar surface area (TPSA) is 40.2 Å². The molecule has 0 aromatic carbocycles. The molecule has 0 aliphatic carbocycles. The van der Waals surface area contributed by atoms with E-state index >= 15 is 0 Å². The van der Waals surface area contributed by atoms with Gasteiger partial charge in [-0.25, -0.2) is 0 Å². The van der Waals surface area contributed by atoms with E-state index in [0.29, 0.717) is 12.1 Å². The van der Waals surface area contributed by atoms with Gasteiger partial charge in [-0.05, 0) is 38.8 Å². The number of aromatic nitrogens is 1. The number of nitrogens with one attached hydrogen (secondary N) is 2. The minimum absolute atomic E-state index is 0.457. The highest BCUT2D eigenvalue weighted by atomic mass is 15.1. The minimum atomic E-state index is 0.457. The Bertz CT molecular complexity index is 385. The van der Waals surface area contributed by atoms with Crippen molar-refractivity contribution in [2.75, 3.05) is 30.9 Å². The number of anilines is 2. The van der Waals surface area contributed by atoms with Gasteiger partial charge in [0.2, 0.25) is 0 Å². The molecule has 0 saturated carbocycles. The number of rotatable bonds is 5. The largest absolute Gasteiger partial charge is 0.380 e. The van der Waals surface area contributed by atoms with Crippen molar-refractivity contribution in [2.24, 2.45) is 0 Å². The van der Waals surface area contributed by atoms with E-state index in [4.69, 9.17) is 0 Å². The van der Waals surface area contributed by atoms with Crippen LogP contribution < -0.4 is 15.5 Å². The first kappa shape index (κ1) is 14.1. The molecule has 2 N–H and O–H groups in total. The molecule has 0 radical (unpaired) electrons. The van der Waals surface area contributed by atoms with Crippen LogP contribution >= 0.6 is 0 Å². The Morgan fingerprint density at radius 3 is 3.00 bits per heavy atom. The Labute approximate surface area is 116 Å². The first-order valence-corrected chi connectivity index (χ1v) is 7.28. The van der Waals surface area contributed by atoms with Crippen molar-refractivity contribution in [1.82, 2.24) is 10.3 Å². The zero-order chi connectivity index (χ0) is 13.7. The summed E-state index contributed by atoms with van der Waals surface area (Å²) >= 11 is 0.